The fourth-order valence-corrected chi connectivity index (χ4v) is 5.57. The Kier molecular flexibility index (Phi) is 8.50. The van der Waals surface area contributed by atoms with Gasteiger partial charge < -0.3 is 20.3 Å². The van der Waals surface area contributed by atoms with Crippen molar-refractivity contribution in [2.75, 3.05) is 16.6 Å². The Morgan fingerprint density at radius 1 is 1.02 bits per heavy atom. The first-order valence-corrected chi connectivity index (χ1v) is 14.1. The van der Waals surface area contributed by atoms with Gasteiger partial charge in [0.05, 0.1) is 17.2 Å². The maximum atomic E-state index is 13.5. The fraction of sp³-hybridized carbons (Fsp3) is 0.286. The summed E-state index contributed by atoms with van der Waals surface area (Å²) in [4.78, 5) is 20.7. The van der Waals surface area contributed by atoms with Crippen LogP contribution in [0.5, 0.6) is 0 Å². The Labute approximate surface area is 233 Å². The van der Waals surface area contributed by atoms with E-state index < -0.39 is 15.9 Å². The average Bonchev–Trinajstić information content (AvgIpc) is 3.21. The van der Waals surface area contributed by atoms with Crippen molar-refractivity contribution < 1.29 is 22.5 Å². The summed E-state index contributed by atoms with van der Waals surface area (Å²) in [5.41, 5.74) is 9.80. The number of primary amides is 1. The Bertz CT molecular complexity index is 1670. The second kappa shape index (κ2) is 11.8. The molecule has 12 heteroatoms. The molecule has 0 fully saturated rings. The van der Waals surface area contributed by atoms with Crippen LogP contribution in [0, 0.1) is 27.7 Å². The molecule has 2 aromatic carbocycles. The van der Waals surface area contributed by atoms with Crippen LogP contribution in [0.2, 0.25) is 0 Å². The summed E-state index contributed by atoms with van der Waals surface area (Å²) in [7, 11) is -4.00. The van der Waals surface area contributed by atoms with Crippen molar-refractivity contribution in [2.24, 2.45) is 5.73 Å². The van der Waals surface area contributed by atoms with Gasteiger partial charge in [-0.25, -0.2) is 18.4 Å². The van der Waals surface area contributed by atoms with Crippen molar-refractivity contribution in [3.05, 3.63) is 82.0 Å². The number of aryl methyl sites for hydroxylation is 3. The molecule has 4 rings (SSSR count). The predicted molar refractivity (Wildman–Crippen MR) is 151 cm³/mol. The predicted octanol–water partition coefficient (Wildman–Crippen LogP) is 4.41. The number of nitrogens with two attached hydrogens (primary N) is 1. The molecule has 0 atom stereocenters. The number of nitrogens with one attached hydrogen (secondary N) is 2. The highest BCUT2D eigenvalue weighted by molar-refractivity contribution is 7.92. The number of anilines is 2. The van der Waals surface area contributed by atoms with E-state index in [1.54, 1.807) is 52.0 Å². The number of sulfonamides is 1. The SMILES string of the molecule is CCOCc1cc(CNc2nc(C)nc(C)c2C(N)=O)ccc1-c1ccccc1S(=O)(=O)Nc1noc(C)c1C. The molecule has 40 heavy (non-hydrogen) atoms. The van der Waals surface area contributed by atoms with Gasteiger partial charge in [-0.3, -0.25) is 9.52 Å². The second-order valence-electron chi connectivity index (χ2n) is 9.24. The van der Waals surface area contributed by atoms with Gasteiger partial charge in [-0.05, 0) is 57.4 Å². The lowest BCUT2D eigenvalue weighted by molar-refractivity contribution is 0.0999. The molecule has 4 aromatic rings. The van der Waals surface area contributed by atoms with Gasteiger partial charge in [-0.2, -0.15) is 0 Å². The lowest BCUT2D eigenvalue weighted by atomic mass is 9.97. The number of hydrogen-bond acceptors (Lipinski definition) is 9. The molecule has 0 saturated carbocycles. The smallest absolute Gasteiger partial charge is 0.263 e. The number of amides is 1. The minimum atomic E-state index is -4.00. The second-order valence-corrected chi connectivity index (χ2v) is 10.9. The zero-order valence-corrected chi connectivity index (χ0v) is 23.8. The van der Waals surface area contributed by atoms with Gasteiger partial charge in [0.15, 0.2) is 5.82 Å². The molecule has 11 nitrogen and oxygen atoms in total. The van der Waals surface area contributed by atoms with Gasteiger partial charge in [-0.15, -0.1) is 0 Å². The minimum Gasteiger partial charge on any atom is -0.377 e. The number of rotatable bonds is 11. The van der Waals surface area contributed by atoms with Crippen LogP contribution in [0.1, 0.15) is 51.3 Å². The number of nitrogens with zero attached hydrogens (tertiary/aromatic N) is 3. The highest BCUT2D eigenvalue weighted by Crippen LogP contribution is 2.33. The molecular formula is C28H32N6O5S. The zero-order chi connectivity index (χ0) is 29.0. The molecule has 4 N–H and O–H groups in total. The summed E-state index contributed by atoms with van der Waals surface area (Å²) in [5.74, 6) is 0.932. The van der Waals surface area contributed by atoms with Crippen LogP contribution in [-0.4, -0.2) is 36.1 Å². The molecule has 2 aromatic heterocycles. The minimum absolute atomic E-state index is 0.0942. The maximum absolute atomic E-state index is 13.5. The normalized spacial score (nSPS) is 11.4. The first-order chi connectivity index (χ1) is 19.0. The average molecular weight is 565 g/mol. The molecule has 0 aliphatic heterocycles. The van der Waals surface area contributed by atoms with Crippen molar-refractivity contribution in [1.82, 2.24) is 15.1 Å². The van der Waals surface area contributed by atoms with E-state index in [-0.39, 0.29) is 22.9 Å². The lowest BCUT2D eigenvalue weighted by Gasteiger charge is -2.17. The van der Waals surface area contributed by atoms with Crippen LogP contribution in [-0.2, 0) is 27.9 Å². The molecular weight excluding hydrogens is 532 g/mol. The summed E-state index contributed by atoms with van der Waals surface area (Å²) in [6, 6.07) is 12.4. The van der Waals surface area contributed by atoms with Crippen LogP contribution >= 0.6 is 0 Å². The number of ether oxygens (including phenoxy) is 1. The number of aromatic nitrogens is 3. The van der Waals surface area contributed by atoms with Gasteiger partial charge in [-0.1, -0.05) is 41.6 Å². The van der Waals surface area contributed by atoms with E-state index in [2.05, 4.69) is 25.2 Å². The van der Waals surface area contributed by atoms with E-state index in [0.29, 0.717) is 52.9 Å². The summed E-state index contributed by atoms with van der Waals surface area (Å²) >= 11 is 0. The topological polar surface area (TPSA) is 162 Å². The summed E-state index contributed by atoms with van der Waals surface area (Å²) < 4.78 is 40.3. The first-order valence-electron chi connectivity index (χ1n) is 12.6. The van der Waals surface area contributed by atoms with Gasteiger partial charge >= 0.3 is 0 Å². The highest BCUT2D eigenvalue weighted by Gasteiger charge is 2.24. The van der Waals surface area contributed by atoms with Crippen LogP contribution in [0.15, 0.2) is 51.9 Å². The zero-order valence-electron chi connectivity index (χ0n) is 23.0. The number of benzene rings is 2. The molecule has 0 unspecified atom stereocenters. The van der Waals surface area contributed by atoms with Crippen LogP contribution in [0.25, 0.3) is 11.1 Å². The fourth-order valence-electron chi connectivity index (χ4n) is 4.29. The first kappa shape index (κ1) is 28.7. The molecule has 0 aliphatic carbocycles. The van der Waals surface area contributed by atoms with E-state index in [0.717, 1.165) is 11.1 Å². The highest BCUT2D eigenvalue weighted by atomic mass is 32.2. The van der Waals surface area contributed by atoms with Crippen molar-refractivity contribution in [3.8, 4) is 11.1 Å². The van der Waals surface area contributed by atoms with Crippen molar-refractivity contribution >= 4 is 27.6 Å². The summed E-state index contributed by atoms with van der Waals surface area (Å²) in [6.45, 7) is 9.87. The molecule has 0 aliphatic rings. The third kappa shape index (κ3) is 6.13. The third-order valence-electron chi connectivity index (χ3n) is 6.39. The van der Waals surface area contributed by atoms with Gasteiger partial charge in [0.2, 0.25) is 0 Å². The van der Waals surface area contributed by atoms with E-state index in [4.69, 9.17) is 15.0 Å². The summed E-state index contributed by atoms with van der Waals surface area (Å²) in [5, 5.41) is 7.03. The Morgan fingerprint density at radius 2 is 1.77 bits per heavy atom. The molecule has 0 radical (unpaired) electrons. The maximum Gasteiger partial charge on any atom is 0.263 e. The van der Waals surface area contributed by atoms with Crippen LogP contribution in [0.3, 0.4) is 0 Å². The number of carbonyl (C=O) groups is 1. The molecule has 0 bridgehead atoms. The largest absolute Gasteiger partial charge is 0.377 e. The molecule has 2 heterocycles. The van der Waals surface area contributed by atoms with E-state index in [1.807, 2.05) is 25.1 Å². The van der Waals surface area contributed by atoms with Gasteiger partial charge in [0, 0.05) is 24.3 Å². The van der Waals surface area contributed by atoms with Gasteiger partial charge in [0.1, 0.15) is 23.0 Å². The van der Waals surface area contributed by atoms with Crippen LogP contribution in [0.4, 0.5) is 11.6 Å². The molecule has 0 saturated heterocycles. The molecule has 0 spiro atoms. The standard InChI is InChI=1S/C28H32N6O5S/c1-6-38-15-21-13-20(14-30-28-25(26(29)35)17(3)31-19(5)32-28)11-12-22(21)23-9-7-8-10-24(23)40(36,37)34-27-16(2)18(4)39-33-27/h7-13H,6,14-15H2,1-5H3,(H2,29,35)(H,33,34)(H,30,31,32). The molecule has 1 amide bonds. The van der Waals surface area contributed by atoms with Crippen molar-refractivity contribution in [3.63, 3.8) is 0 Å². The van der Waals surface area contributed by atoms with E-state index in [9.17, 15) is 13.2 Å². The number of hydrogen-bond donors (Lipinski definition) is 3. The number of carbonyl (C=O) groups excluding carboxylic acids is 1. The van der Waals surface area contributed by atoms with E-state index in [1.165, 1.54) is 0 Å². The third-order valence-corrected chi connectivity index (χ3v) is 7.79. The van der Waals surface area contributed by atoms with E-state index >= 15 is 0 Å². The van der Waals surface area contributed by atoms with Crippen molar-refractivity contribution in [2.45, 2.75) is 52.7 Å². The lowest BCUT2D eigenvalue weighted by Crippen LogP contribution is -2.19. The quantitative estimate of drug-likeness (QED) is 0.239. The summed E-state index contributed by atoms with van der Waals surface area (Å²) in [6.07, 6.45) is 0. The Morgan fingerprint density at radius 3 is 2.45 bits per heavy atom. The van der Waals surface area contributed by atoms with Crippen LogP contribution < -0.4 is 15.8 Å². The Hall–Kier alpha value is -4.29. The Balaban J connectivity index is 1.70. The van der Waals surface area contributed by atoms with Gasteiger partial charge in [0.25, 0.3) is 15.9 Å². The molecule has 210 valence electrons. The van der Waals surface area contributed by atoms with Crippen molar-refractivity contribution in [1.29, 1.82) is 0 Å². The monoisotopic (exact) mass is 564 g/mol.